The van der Waals surface area contributed by atoms with Crippen LogP contribution in [0.1, 0.15) is 123 Å². The molecule has 127 valence electrons. The van der Waals surface area contributed by atoms with E-state index in [1.54, 1.807) is 0 Å². The van der Waals surface area contributed by atoms with Gasteiger partial charge < -0.3 is 0 Å². The molecule has 0 saturated carbocycles. The van der Waals surface area contributed by atoms with Crippen molar-refractivity contribution in [3.63, 3.8) is 0 Å². The molecule has 0 rings (SSSR count). The van der Waals surface area contributed by atoms with Gasteiger partial charge in [-0.15, -0.1) is 0 Å². The fraction of sp³-hybridized carbons (Fsp3) is 0.952. The van der Waals surface area contributed by atoms with E-state index in [1.165, 1.54) is 103 Å². The average Bonchev–Trinajstić information content (AvgIpc) is 2.50. The van der Waals surface area contributed by atoms with Crippen LogP contribution in [0.15, 0.2) is 0 Å². The van der Waals surface area contributed by atoms with Crippen molar-refractivity contribution in [2.75, 3.05) is 0 Å². The molecule has 0 heteroatoms. The lowest BCUT2D eigenvalue weighted by atomic mass is 9.99. The lowest BCUT2D eigenvalue weighted by molar-refractivity contribution is 0.481. The van der Waals surface area contributed by atoms with Crippen LogP contribution in [0.3, 0.4) is 0 Å². The normalized spacial score (nSPS) is 12.7. The molecule has 0 fully saturated rings. The molecule has 0 aliphatic heterocycles. The molecule has 0 aliphatic carbocycles. The predicted molar refractivity (Wildman–Crippen MR) is 98.7 cm³/mol. The molecule has 0 nitrogen and oxygen atoms in total. The molecule has 0 aromatic heterocycles. The Morgan fingerprint density at radius 1 is 0.571 bits per heavy atom. The van der Waals surface area contributed by atoms with Crippen molar-refractivity contribution in [3.05, 3.63) is 6.92 Å². The monoisotopic (exact) mass is 295 g/mol. The molecule has 0 bridgehead atoms. The maximum Gasteiger partial charge on any atom is -0.0443 e. The van der Waals surface area contributed by atoms with Crippen LogP contribution in [0.5, 0.6) is 0 Å². The summed E-state index contributed by atoms with van der Waals surface area (Å²) in [6.07, 6.45) is 24.4. The third-order valence-corrected chi connectivity index (χ3v) is 4.79. The standard InChI is InChI=1S/C21H43/c1-4-6-7-8-9-10-11-12-13-14-15-16-17-18-19-20-21(3)5-2/h21H,2,4-20H2,1,3H3. The van der Waals surface area contributed by atoms with Crippen LogP contribution in [0.4, 0.5) is 0 Å². The Morgan fingerprint density at radius 2 is 0.905 bits per heavy atom. The van der Waals surface area contributed by atoms with E-state index in [2.05, 4.69) is 20.8 Å². The first-order chi connectivity index (χ1) is 10.3. The highest BCUT2D eigenvalue weighted by molar-refractivity contribution is 4.55. The van der Waals surface area contributed by atoms with Crippen molar-refractivity contribution in [1.29, 1.82) is 0 Å². The van der Waals surface area contributed by atoms with Gasteiger partial charge >= 0.3 is 0 Å². The summed E-state index contributed by atoms with van der Waals surface area (Å²) in [5.74, 6) is 0.840. The van der Waals surface area contributed by atoms with Gasteiger partial charge in [-0.2, -0.15) is 0 Å². The van der Waals surface area contributed by atoms with Crippen molar-refractivity contribution in [1.82, 2.24) is 0 Å². The van der Waals surface area contributed by atoms with Crippen LogP contribution < -0.4 is 0 Å². The molecule has 0 N–H and O–H groups in total. The summed E-state index contributed by atoms with van der Waals surface area (Å²) in [6.45, 7) is 8.60. The highest BCUT2D eigenvalue weighted by Gasteiger charge is 1.98. The molecule has 0 heterocycles. The Balaban J connectivity index is 2.96. The van der Waals surface area contributed by atoms with Crippen LogP contribution in [0.25, 0.3) is 0 Å². The summed E-state index contributed by atoms with van der Waals surface area (Å²) >= 11 is 0. The number of hydrogen-bond donors (Lipinski definition) is 0. The SMILES string of the molecule is [CH2]CC(C)CCCCCCCCCCCCCCCCC. The highest BCUT2D eigenvalue weighted by Crippen LogP contribution is 2.15. The van der Waals surface area contributed by atoms with Crippen LogP contribution in [-0.2, 0) is 0 Å². The number of unbranched alkanes of at least 4 members (excludes halogenated alkanes) is 14. The van der Waals surface area contributed by atoms with Gasteiger partial charge in [0.1, 0.15) is 0 Å². The topological polar surface area (TPSA) is 0 Å². The molecule has 1 radical (unpaired) electrons. The quantitative estimate of drug-likeness (QED) is 0.238. The third-order valence-electron chi connectivity index (χ3n) is 4.79. The molecule has 0 amide bonds. The summed E-state index contributed by atoms with van der Waals surface area (Å²) in [5, 5.41) is 0. The van der Waals surface area contributed by atoms with Crippen molar-refractivity contribution in [3.8, 4) is 0 Å². The van der Waals surface area contributed by atoms with Gasteiger partial charge in [0, 0.05) is 0 Å². The predicted octanol–water partition coefficient (Wildman–Crippen LogP) is 8.11. The van der Waals surface area contributed by atoms with Gasteiger partial charge in [-0.05, 0) is 5.92 Å². The summed E-state index contributed by atoms with van der Waals surface area (Å²) in [5.41, 5.74) is 0. The van der Waals surface area contributed by atoms with E-state index in [9.17, 15) is 0 Å². The smallest absolute Gasteiger partial charge is 0.0443 e. The molecule has 1 unspecified atom stereocenters. The number of hydrogen-bond acceptors (Lipinski definition) is 0. The minimum absolute atomic E-state index is 0.840. The molecular formula is C21H43. The van der Waals surface area contributed by atoms with Crippen molar-refractivity contribution in [2.45, 2.75) is 123 Å². The van der Waals surface area contributed by atoms with Gasteiger partial charge in [0.25, 0.3) is 0 Å². The van der Waals surface area contributed by atoms with Crippen molar-refractivity contribution in [2.24, 2.45) is 5.92 Å². The minimum atomic E-state index is 0.840. The fourth-order valence-electron chi connectivity index (χ4n) is 3.01. The van der Waals surface area contributed by atoms with E-state index in [0.29, 0.717) is 0 Å². The largest absolute Gasteiger partial charge is 0.0654 e. The Morgan fingerprint density at radius 3 is 1.24 bits per heavy atom. The van der Waals surface area contributed by atoms with E-state index >= 15 is 0 Å². The van der Waals surface area contributed by atoms with E-state index in [4.69, 9.17) is 0 Å². The second-order valence-corrected chi connectivity index (χ2v) is 7.13. The van der Waals surface area contributed by atoms with Gasteiger partial charge in [0.2, 0.25) is 0 Å². The first-order valence-electron chi connectivity index (χ1n) is 10.1. The van der Waals surface area contributed by atoms with Gasteiger partial charge in [0.15, 0.2) is 0 Å². The molecule has 0 spiro atoms. The van der Waals surface area contributed by atoms with Crippen LogP contribution in [-0.4, -0.2) is 0 Å². The van der Waals surface area contributed by atoms with Gasteiger partial charge in [-0.1, -0.05) is 130 Å². The second kappa shape index (κ2) is 18.1. The zero-order valence-corrected chi connectivity index (χ0v) is 15.3. The van der Waals surface area contributed by atoms with Crippen LogP contribution in [0, 0.1) is 12.8 Å². The maximum atomic E-state index is 3.97. The minimum Gasteiger partial charge on any atom is -0.0654 e. The summed E-state index contributed by atoms with van der Waals surface area (Å²) in [7, 11) is 0. The molecule has 0 saturated heterocycles. The fourth-order valence-corrected chi connectivity index (χ4v) is 3.01. The number of rotatable bonds is 17. The second-order valence-electron chi connectivity index (χ2n) is 7.13. The van der Waals surface area contributed by atoms with Crippen LogP contribution in [0.2, 0.25) is 0 Å². The zero-order chi connectivity index (χ0) is 15.6. The molecule has 21 heavy (non-hydrogen) atoms. The molecule has 0 aliphatic rings. The van der Waals surface area contributed by atoms with E-state index in [0.717, 1.165) is 12.3 Å². The lowest BCUT2D eigenvalue weighted by Crippen LogP contribution is -1.91. The van der Waals surface area contributed by atoms with E-state index < -0.39 is 0 Å². The molecule has 0 aromatic carbocycles. The molecule has 0 aromatic rings. The Kier molecular flexibility index (Phi) is 18.1. The van der Waals surface area contributed by atoms with E-state index in [-0.39, 0.29) is 0 Å². The summed E-state index contributed by atoms with van der Waals surface area (Å²) < 4.78 is 0. The first kappa shape index (κ1) is 21.0. The average molecular weight is 296 g/mol. The summed E-state index contributed by atoms with van der Waals surface area (Å²) in [4.78, 5) is 0. The zero-order valence-electron chi connectivity index (χ0n) is 15.3. The van der Waals surface area contributed by atoms with Crippen molar-refractivity contribution >= 4 is 0 Å². The third kappa shape index (κ3) is 18.0. The Labute approximate surface area is 136 Å². The first-order valence-corrected chi connectivity index (χ1v) is 10.1. The van der Waals surface area contributed by atoms with Gasteiger partial charge in [-0.3, -0.25) is 0 Å². The highest BCUT2D eigenvalue weighted by atomic mass is 14.0. The van der Waals surface area contributed by atoms with Gasteiger partial charge in [-0.25, -0.2) is 0 Å². The lowest BCUT2D eigenvalue weighted by Gasteiger charge is -2.07. The molecular weight excluding hydrogens is 252 g/mol. The van der Waals surface area contributed by atoms with Crippen molar-refractivity contribution < 1.29 is 0 Å². The maximum absolute atomic E-state index is 3.97. The Hall–Kier alpha value is 0. The molecule has 1 atom stereocenters. The van der Waals surface area contributed by atoms with Gasteiger partial charge in [0.05, 0.1) is 0 Å². The van der Waals surface area contributed by atoms with E-state index in [1.807, 2.05) is 0 Å². The Bertz CT molecular complexity index is 173. The summed E-state index contributed by atoms with van der Waals surface area (Å²) in [6, 6.07) is 0. The van der Waals surface area contributed by atoms with Crippen LogP contribution >= 0.6 is 0 Å².